The Morgan fingerprint density at radius 3 is 2.29 bits per heavy atom. The summed E-state index contributed by atoms with van der Waals surface area (Å²) in [6, 6.07) is 0. The normalized spacial score (nSPS) is 16.1. The number of hydrogen-bond donors (Lipinski definition) is 1. The van der Waals surface area contributed by atoms with Crippen molar-refractivity contribution in [1.29, 1.82) is 0 Å². The highest BCUT2D eigenvalue weighted by Crippen LogP contribution is 2.29. The molecule has 0 fully saturated rings. The molecule has 0 bridgehead atoms. The zero-order valence-corrected chi connectivity index (χ0v) is 8.02. The van der Waals surface area contributed by atoms with Gasteiger partial charge < -0.3 is 9.84 Å². The first-order valence-corrected chi connectivity index (χ1v) is 4.11. The summed E-state index contributed by atoms with van der Waals surface area (Å²) in [5.41, 5.74) is -2.09. The third kappa shape index (κ3) is 6.71. The van der Waals surface area contributed by atoms with Gasteiger partial charge in [0.1, 0.15) is 0 Å². The molecule has 1 unspecified atom stereocenters. The van der Waals surface area contributed by atoms with Crippen LogP contribution >= 0.6 is 0 Å². The SMILES string of the molecule is CCOC(=O)CC(C)(O)CC(F)(F)F. The van der Waals surface area contributed by atoms with Crippen molar-refractivity contribution in [1.82, 2.24) is 0 Å². The largest absolute Gasteiger partial charge is 0.466 e. The predicted molar refractivity (Wildman–Crippen MR) is 42.5 cm³/mol. The van der Waals surface area contributed by atoms with Gasteiger partial charge in [-0.3, -0.25) is 4.79 Å². The van der Waals surface area contributed by atoms with E-state index in [0.717, 1.165) is 6.92 Å². The molecule has 84 valence electrons. The van der Waals surface area contributed by atoms with E-state index in [1.54, 1.807) is 0 Å². The monoisotopic (exact) mass is 214 g/mol. The number of hydrogen-bond acceptors (Lipinski definition) is 3. The summed E-state index contributed by atoms with van der Waals surface area (Å²) in [5, 5.41) is 9.23. The Morgan fingerprint density at radius 1 is 1.43 bits per heavy atom. The van der Waals surface area contributed by atoms with E-state index in [-0.39, 0.29) is 6.61 Å². The molecule has 0 aliphatic heterocycles. The topological polar surface area (TPSA) is 46.5 Å². The zero-order chi connectivity index (χ0) is 11.4. The molecule has 0 saturated heterocycles. The highest BCUT2D eigenvalue weighted by atomic mass is 19.4. The van der Waals surface area contributed by atoms with Crippen LogP contribution in [0.25, 0.3) is 0 Å². The van der Waals surface area contributed by atoms with E-state index in [9.17, 15) is 23.1 Å². The van der Waals surface area contributed by atoms with E-state index in [1.165, 1.54) is 6.92 Å². The Balaban J connectivity index is 4.13. The fourth-order valence-corrected chi connectivity index (χ4v) is 1.02. The maximum atomic E-state index is 11.9. The Bertz CT molecular complexity index is 198. The van der Waals surface area contributed by atoms with Crippen molar-refractivity contribution in [2.75, 3.05) is 6.61 Å². The van der Waals surface area contributed by atoms with Crippen LogP contribution in [0.15, 0.2) is 0 Å². The molecule has 0 amide bonds. The lowest BCUT2D eigenvalue weighted by Crippen LogP contribution is -2.34. The number of halogens is 3. The second-order valence-electron chi connectivity index (χ2n) is 3.27. The molecule has 3 nitrogen and oxygen atoms in total. The smallest absolute Gasteiger partial charge is 0.391 e. The van der Waals surface area contributed by atoms with E-state index in [4.69, 9.17) is 0 Å². The van der Waals surface area contributed by atoms with Crippen LogP contribution in [0.1, 0.15) is 26.7 Å². The first kappa shape index (κ1) is 13.2. The van der Waals surface area contributed by atoms with E-state index in [1.807, 2.05) is 0 Å². The highest BCUT2D eigenvalue weighted by Gasteiger charge is 2.39. The summed E-state index contributed by atoms with van der Waals surface area (Å²) < 4.78 is 40.1. The number of carbonyl (C=O) groups excluding carboxylic acids is 1. The average molecular weight is 214 g/mol. The van der Waals surface area contributed by atoms with Crippen LogP contribution in [0.5, 0.6) is 0 Å². The fraction of sp³-hybridized carbons (Fsp3) is 0.875. The number of rotatable bonds is 4. The van der Waals surface area contributed by atoms with E-state index in [2.05, 4.69) is 4.74 Å². The number of aliphatic hydroxyl groups is 1. The lowest BCUT2D eigenvalue weighted by molar-refractivity contribution is -0.179. The van der Waals surface area contributed by atoms with Gasteiger partial charge in [-0.05, 0) is 13.8 Å². The highest BCUT2D eigenvalue weighted by molar-refractivity contribution is 5.70. The third-order valence-electron chi connectivity index (χ3n) is 1.41. The molecule has 0 aromatic rings. The summed E-state index contributed by atoms with van der Waals surface area (Å²) >= 11 is 0. The van der Waals surface area contributed by atoms with Gasteiger partial charge in [-0.1, -0.05) is 0 Å². The van der Waals surface area contributed by atoms with Crippen molar-refractivity contribution in [3.63, 3.8) is 0 Å². The zero-order valence-electron chi connectivity index (χ0n) is 8.02. The molecule has 0 radical (unpaired) electrons. The van der Waals surface area contributed by atoms with Gasteiger partial charge in [0.25, 0.3) is 0 Å². The molecule has 0 aromatic carbocycles. The molecule has 0 rings (SSSR count). The Hall–Kier alpha value is -0.780. The van der Waals surface area contributed by atoms with Crippen LogP contribution in [0.3, 0.4) is 0 Å². The third-order valence-corrected chi connectivity index (χ3v) is 1.41. The van der Waals surface area contributed by atoms with Crippen molar-refractivity contribution in [3.05, 3.63) is 0 Å². The molecular formula is C8H13F3O3. The molecule has 0 aliphatic carbocycles. The van der Waals surface area contributed by atoms with Crippen LogP contribution in [0, 0.1) is 0 Å². The second-order valence-corrected chi connectivity index (χ2v) is 3.27. The summed E-state index contributed by atoms with van der Waals surface area (Å²) in [4.78, 5) is 10.8. The lowest BCUT2D eigenvalue weighted by Gasteiger charge is -2.23. The van der Waals surface area contributed by atoms with E-state index >= 15 is 0 Å². The van der Waals surface area contributed by atoms with Crippen molar-refractivity contribution >= 4 is 5.97 Å². The van der Waals surface area contributed by atoms with Crippen molar-refractivity contribution in [2.24, 2.45) is 0 Å². The van der Waals surface area contributed by atoms with Gasteiger partial charge in [0.15, 0.2) is 0 Å². The lowest BCUT2D eigenvalue weighted by atomic mass is 9.98. The van der Waals surface area contributed by atoms with Gasteiger partial charge >= 0.3 is 12.1 Å². The minimum atomic E-state index is -4.49. The number of alkyl halides is 3. The number of esters is 1. The quantitative estimate of drug-likeness (QED) is 0.723. The van der Waals surface area contributed by atoms with E-state index in [0.29, 0.717) is 0 Å². The Kier molecular flexibility index (Phi) is 4.38. The molecule has 1 atom stereocenters. The van der Waals surface area contributed by atoms with Crippen LogP contribution < -0.4 is 0 Å². The molecule has 0 heterocycles. The molecule has 6 heteroatoms. The summed E-state index contributed by atoms with van der Waals surface area (Å²) in [5.74, 6) is -0.832. The Labute approximate surface area is 79.9 Å². The van der Waals surface area contributed by atoms with Crippen LogP contribution in [-0.2, 0) is 9.53 Å². The summed E-state index contributed by atoms with van der Waals surface area (Å²) in [6.45, 7) is 2.58. The first-order valence-electron chi connectivity index (χ1n) is 4.11. The molecule has 14 heavy (non-hydrogen) atoms. The molecule has 0 saturated carbocycles. The maximum absolute atomic E-state index is 11.9. The van der Waals surface area contributed by atoms with Crippen LogP contribution in [0.2, 0.25) is 0 Å². The number of ether oxygens (including phenoxy) is 1. The van der Waals surface area contributed by atoms with Crippen molar-refractivity contribution < 1.29 is 27.8 Å². The van der Waals surface area contributed by atoms with Gasteiger partial charge in [-0.25, -0.2) is 0 Å². The molecule has 0 aromatic heterocycles. The fourth-order valence-electron chi connectivity index (χ4n) is 1.02. The van der Waals surface area contributed by atoms with Crippen molar-refractivity contribution in [3.8, 4) is 0 Å². The van der Waals surface area contributed by atoms with Gasteiger partial charge in [0.2, 0.25) is 0 Å². The average Bonchev–Trinajstić information content (AvgIpc) is 1.78. The standard InChI is InChI=1S/C8H13F3O3/c1-3-14-6(12)4-7(2,13)5-8(9,10)11/h13H,3-5H2,1-2H3. The molecule has 0 aliphatic rings. The van der Waals surface area contributed by atoms with E-state index < -0.39 is 30.6 Å². The van der Waals surface area contributed by atoms with Gasteiger partial charge in [-0.2, -0.15) is 13.2 Å². The second kappa shape index (κ2) is 4.63. The molecule has 1 N–H and O–H groups in total. The summed E-state index contributed by atoms with van der Waals surface area (Å²) in [7, 11) is 0. The van der Waals surface area contributed by atoms with Crippen molar-refractivity contribution in [2.45, 2.75) is 38.5 Å². The Morgan fingerprint density at radius 2 is 1.93 bits per heavy atom. The van der Waals surface area contributed by atoms with Crippen LogP contribution in [0.4, 0.5) is 13.2 Å². The maximum Gasteiger partial charge on any atom is 0.391 e. The van der Waals surface area contributed by atoms with Crippen LogP contribution in [-0.4, -0.2) is 29.5 Å². The van der Waals surface area contributed by atoms with Gasteiger partial charge in [0, 0.05) is 0 Å². The molecule has 0 spiro atoms. The predicted octanol–water partition coefficient (Wildman–Crippen LogP) is 1.64. The number of carbonyl (C=O) groups is 1. The minimum absolute atomic E-state index is 0.0843. The summed E-state index contributed by atoms with van der Waals surface area (Å²) in [6.07, 6.45) is -6.56. The first-order chi connectivity index (χ1) is 6.16. The minimum Gasteiger partial charge on any atom is -0.466 e. The molecular weight excluding hydrogens is 201 g/mol. The van der Waals surface area contributed by atoms with Gasteiger partial charge in [-0.15, -0.1) is 0 Å². The van der Waals surface area contributed by atoms with Gasteiger partial charge in [0.05, 0.1) is 25.0 Å².